The van der Waals surface area contributed by atoms with E-state index in [1.165, 1.54) is 6.26 Å². The molecular weight excluding hydrogens is 116 g/mol. The number of rotatable bonds is 2. The third kappa shape index (κ3) is 1.54. The van der Waals surface area contributed by atoms with Gasteiger partial charge >= 0.3 is 0 Å². The van der Waals surface area contributed by atoms with Crippen molar-refractivity contribution in [1.29, 1.82) is 0 Å². The molecule has 0 bridgehead atoms. The lowest BCUT2D eigenvalue weighted by Gasteiger charge is -1.92. The highest BCUT2D eigenvalue weighted by molar-refractivity contribution is 5.05. The van der Waals surface area contributed by atoms with Gasteiger partial charge in [0.05, 0.1) is 6.26 Å². The molecule has 1 heterocycles. The van der Waals surface area contributed by atoms with Crippen LogP contribution in [0.5, 0.6) is 5.95 Å². The molecule has 1 aromatic heterocycles. The molecule has 0 aliphatic carbocycles. The average Bonchev–Trinajstić information content (AvgIpc) is 2.34. The highest BCUT2D eigenvalue weighted by Crippen LogP contribution is 2.08. The quantitative estimate of drug-likeness (QED) is 0.551. The number of ether oxygens (including phenoxy) is 1. The SMILES string of the molecule is C#CCOc1ccco1. The van der Waals surface area contributed by atoms with Crippen molar-refractivity contribution in [3.8, 4) is 18.3 Å². The van der Waals surface area contributed by atoms with E-state index < -0.39 is 0 Å². The summed E-state index contributed by atoms with van der Waals surface area (Å²) in [7, 11) is 0. The van der Waals surface area contributed by atoms with E-state index in [1.54, 1.807) is 12.1 Å². The molecule has 0 aliphatic heterocycles. The van der Waals surface area contributed by atoms with Crippen LogP contribution in [0, 0.1) is 12.3 Å². The predicted molar refractivity (Wildman–Crippen MR) is 33.0 cm³/mol. The molecule has 1 aromatic rings. The van der Waals surface area contributed by atoms with Crippen molar-refractivity contribution in [2.75, 3.05) is 6.61 Å². The lowest BCUT2D eigenvalue weighted by molar-refractivity contribution is 0.277. The van der Waals surface area contributed by atoms with Gasteiger partial charge in [0.25, 0.3) is 5.95 Å². The Balaban J connectivity index is 2.41. The van der Waals surface area contributed by atoms with Crippen LogP contribution in [0.25, 0.3) is 0 Å². The summed E-state index contributed by atoms with van der Waals surface area (Å²) in [4.78, 5) is 0. The molecule has 2 heteroatoms. The fraction of sp³-hybridized carbons (Fsp3) is 0.143. The van der Waals surface area contributed by atoms with Crippen molar-refractivity contribution < 1.29 is 9.15 Å². The van der Waals surface area contributed by atoms with E-state index in [-0.39, 0.29) is 6.61 Å². The largest absolute Gasteiger partial charge is 0.452 e. The number of hydrogen-bond donors (Lipinski definition) is 0. The first kappa shape index (κ1) is 5.77. The van der Waals surface area contributed by atoms with Gasteiger partial charge in [0.15, 0.2) is 6.61 Å². The van der Waals surface area contributed by atoms with E-state index >= 15 is 0 Å². The Kier molecular flexibility index (Phi) is 1.81. The van der Waals surface area contributed by atoms with Crippen LogP contribution in [0.15, 0.2) is 22.8 Å². The van der Waals surface area contributed by atoms with E-state index in [0.29, 0.717) is 5.95 Å². The number of terminal acetylenes is 1. The van der Waals surface area contributed by atoms with Gasteiger partial charge in [-0.2, -0.15) is 0 Å². The third-order valence-corrected chi connectivity index (χ3v) is 0.793. The molecule has 0 aromatic carbocycles. The fourth-order valence-electron chi connectivity index (χ4n) is 0.458. The second-order valence-corrected chi connectivity index (χ2v) is 1.42. The van der Waals surface area contributed by atoms with Crippen LogP contribution < -0.4 is 4.74 Å². The van der Waals surface area contributed by atoms with Gasteiger partial charge < -0.3 is 9.15 Å². The zero-order valence-electron chi connectivity index (χ0n) is 4.83. The number of furan rings is 1. The van der Waals surface area contributed by atoms with Gasteiger partial charge in [-0.1, -0.05) is 5.92 Å². The Morgan fingerprint density at radius 1 is 1.78 bits per heavy atom. The molecule has 0 spiro atoms. The summed E-state index contributed by atoms with van der Waals surface area (Å²) in [5.74, 6) is 2.79. The first-order valence-electron chi connectivity index (χ1n) is 2.53. The van der Waals surface area contributed by atoms with Crippen molar-refractivity contribution in [2.24, 2.45) is 0 Å². The van der Waals surface area contributed by atoms with Crippen LogP contribution in [0.2, 0.25) is 0 Å². The Morgan fingerprint density at radius 3 is 3.22 bits per heavy atom. The lowest BCUT2D eigenvalue weighted by atomic mass is 10.6. The predicted octanol–water partition coefficient (Wildman–Crippen LogP) is 1.29. The topological polar surface area (TPSA) is 22.4 Å². The Hall–Kier alpha value is -1.36. The zero-order valence-corrected chi connectivity index (χ0v) is 4.83. The molecule has 0 fully saturated rings. The molecular formula is C7H6O2. The van der Waals surface area contributed by atoms with Crippen LogP contribution in [0.4, 0.5) is 0 Å². The normalized spacial score (nSPS) is 8.33. The third-order valence-electron chi connectivity index (χ3n) is 0.793. The van der Waals surface area contributed by atoms with Gasteiger partial charge in [-0.15, -0.1) is 6.42 Å². The molecule has 9 heavy (non-hydrogen) atoms. The smallest absolute Gasteiger partial charge is 0.285 e. The monoisotopic (exact) mass is 122 g/mol. The average molecular weight is 122 g/mol. The van der Waals surface area contributed by atoms with Gasteiger partial charge in [-0.25, -0.2) is 0 Å². The minimum absolute atomic E-state index is 0.257. The van der Waals surface area contributed by atoms with Gasteiger partial charge in [0, 0.05) is 6.07 Å². The standard InChI is InChI=1S/C7H6O2/c1-2-5-8-7-4-3-6-9-7/h1,3-4,6H,5H2. The van der Waals surface area contributed by atoms with Crippen molar-refractivity contribution in [3.05, 3.63) is 18.4 Å². The van der Waals surface area contributed by atoms with E-state index in [0.717, 1.165) is 0 Å². The highest BCUT2D eigenvalue weighted by atomic mass is 16.6. The van der Waals surface area contributed by atoms with Crippen LogP contribution in [0.1, 0.15) is 0 Å². The summed E-state index contributed by atoms with van der Waals surface area (Å²) in [5.41, 5.74) is 0. The number of hydrogen-bond acceptors (Lipinski definition) is 2. The van der Waals surface area contributed by atoms with Crippen LogP contribution in [-0.2, 0) is 0 Å². The molecule has 0 atom stereocenters. The van der Waals surface area contributed by atoms with E-state index in [9.17, 15) is 0 Å². The summed E-state index contributed by atoms with van der Waals surface area (Å²) in [6, 6.07) is 3.45. The first-order valence-corrected chi connectivity index (χ1v) is 2.53. The van der Waals surface area contributed by atoms with E-state index in [1.807, 2.05) is 0 Å². The van der Waals surface area contributed by atoms with Crippen molar-refractivity contribution >= 4 is 0 Å². The summed E-state index contributed by atoms with van der Waals surface area (Å²) >= 11 is 0. The van der Waals surface area contributed by atoms with Gasteiger partial charge in [0.2, 0.25) is 0 Å². The van der Waals surface area contributed by atoms with Crippen molar-refractivity contribution in [1.82, 2.24) is 0 Å². The second kappa shape index (κ2) is 2.83. The fourth-order valence-corrected chi connectivity index (χ4v) is 0.458. The van der Waals surface area contributed by atoms with Crippen LogP contribution in [-0.4, -0.2) is 6.61 Å². The molecule has 2 nitrogen and oxygen atoms in total. The zero-order chi connectivity index (χ0) is 6.53. The maximum Gasteiger partial charge on any atom is 0.285 e. The minimum atomic E-state index is 0.257. The maximum atomic E-state index is 4.93. The van der Waals surface area contributed by atoms with Gasteiger partial charge in [0.1, 0.15) is 0 Å². The highest BCUT2D eigenvalue weighted by Gasteiger charge is 1.89. The summed E-state index contributed by atoms with van der Waals surface area (Å²) in [6.07, 6.45) is 6.46. The summed E-state index contributed by atoms with van der Waals surface area (Å²) < 4.78 is 9.71. The molecule has 0 saturated heterocycles. The summed E-state index contributed by atoms with van der Waals surface area (Å²) in [5, 5.41) is 0. The molecule has 0 radical (unpaired) electrons. The molecule has 0 saturated carbocycles. The molecule has 1 rings (SSSR count). The van der Waals surface area contributed by atoms with Crippen molar-refractivity contribution in [3.63, 3.8) is 0 Å². The Morgan fingerprint density at radius 2 is 2.67 bits per heavy atom. The van der Waals surface area contributed by atoms with Gasteiger partial charge in [-0.05, 0) is 6.07 Å². The minimum Gasteiger partial charge on any atom is -0.452 e. The van der Waals surface area contributed by atoms with Crippen molar-refractivity contribution in [2.45, 2.75) is 0 Å². The molecule has 0 N–H and O–H groups in total. The Labute approximate surface area is 53.4 Å². The molecule has 0 aliphatic rings. The van der Waals surface area contributed by atoms with Crippen LogP contribution >= 0.6 is 0 Å². The molecule has 0 amide bonds. The Bertz CT molecular complexity index is 193. The second-order valence-electron chi connectivity index (χ2n) is 1.42. The van der Waals surface area contributed by atoms with Gasteiger partial charge in [-0.3, -0.25) is 0 Å². The summed E-state index contributed by atoms with van der Waals surface area (Å²) in [6.45, 7) is 0.257. The molecule has 0 unspecified atom stereocenters. The van der Waals surface area contributed by atoms with Crippen LogP contribution in [0.3, 0.4) is 0 Å². The van der Waals surface area contributed by atoms with E-state index in [4.69, 9.17) is 15.6 Å². The maximum absolute atomic E-state index is 4.93. The first-order chi connectivity index (χ1) is 4.43. The lowest BCUT2D eigenvalue weighted by Crippen LogP contribution is -1.90. The van der Waals surface area contributed by atoms with E-state index in [2.05, 4.69) is 5.92 Å². The molecule has 46 valence electrons.